The van der Waals surface area contributed by atoms with E-state index in [1.807, 2.05) is 30.3 Å². The third-order valence-electron chi connectivity index (χ3n) is 3.42. The van der Waals surface area contributed by atoms with Crippen LogP contribution in [0.5, 0.6) is 0 Å². The van der Waals surface area contributed by atoms with Crippen molar-refractivity contribution in [2.75, 3.05) is 7.11 Å². The minimum Gasteiger partial charge on any atom is -0.466 e. The van der Waals surface area contributed by atoms with Crippen LogP contribution < -0.4 is 0 Å². The Morgan fingerprint density at radius 3 is 2.37 bits per heavy atom. The molecular formula is C21H28O6. The fourth-order valence-electron chi connectivity index (χ4n) is 2.20. The number of esters is 2. The van der Waals surface area contributed by atoms with Gasteiger partial charge in [-0.1, -0.05) is 30.3 Å². The average Bonchev–Trinajstić information content (AvgIpc) is 2.59. The number of rotatable bonds is 10. The van der Waals surface area contributed by atoms with E-state index in [0.29, 0.717) is 13.0 Å². The second-order valence-corrected chi connectivity index (χ2v) is 7.06. The molecule has 148 valence electrons. The Kier molecular flexibility index (Phi) is 9.44. The Balaban J connectivity index is 2.56. The average molecular weight is 376 g/mol. The van der Waals surface area contributed by atoms with Gasteiger partial charge in [0.1, 0.15) is 17.8 Å². The lowest BCUT2D eigenvalue weighted by molar-refractivity contribution is -0.156. The van der Waals surface area contributed by atoms with Crippen LogP contribution in [0.15, 0.2) is 42.5 Å². The fourth-order valence-corrected chi connectivity index (χ4v) is 2.20. The van der Waals surface area contributed by atoms with Crippen LogP contribution in [0.25, 0.3) is 0 Å². The summed E-state index contributed by atoms with van der Waals surface area (Å²) in [5.74, 6) is -1.27. The van der Waals surface area contributed by atoms with Crippen molar-refractivity contribution in [2.45, 2.75) is 58.3 Å². The first-order valence-electron chi connectivity index (χ1n) is 8.85. The minimum absolute atomic E-state index is 0.143. The Hall–Kier alpha value is -2.47. The topological polar surface area (TPSA) is 78.9 Å². The zero-order valence-corrected chi connectivity index (χ0v) is 16.4. The van der Waals surface area contributed by atoms with Crippen molar-refractivity contribution in [1.29, 1.82) is 0 Å². The van der Waals surface area contributed by atoms with Crippen LogP contribution in [-0.4, -0.2) is 36.5 Å². The van der Waals surface area contributed by atoms with E-state index in [9.17, 15) is 14.4 Å². The van der Waals surface area contributed by atoms with Crippen molar-refractivity contribution >= 4 is 17.7 Å². The highest BCUT2D eigenvalue weighted by Gasteiger charge is 2.19. The Morgan fingerprint density at radius 2 is 1.78 bits per heavy atom. The maximum absolute atomic E-state index is 12.0. The lowest BCUT2D eigenvalue weighted by atomic mass is 10.1. The summed E-state index contributed by atoms with van der Waals surface area (Å²) in [4.78, 5) is 35.1. The molecule has 0 aliphatic rings. The summed E-state index contributed by atoms with van der Waals surface area (Å²) >= 11 is 0. The summed E-state index contributed by atoms with van der Waals surface area (Å²) in [6.45, 7) is 5.60. The standard InChI is InChI=1S/C21H28O6/c1-21(2,3)27-20(24)14-17(22)10-11-18(12-13-19(23)25-4)26-15-16-8-6-5-7-9-16/h5-9,12-13,18H,10-11,14-15H2,1-4H3/b13-12+. The maximum atomic E-state index is 12.0. The number of hydrogen-bond donors (Lipinski definition) is 0. The molecule has 1 atom stereocenters. The van der Waals surface area contributed by atoms with Gasteiger partial charge in [-0.2, -0.15) is 0 Å². The van der Waals surface area contributed by atoms with E-state index in [1.165, 1.54) is 13.2 Å². The predicted octanol–water partition coefficient (Wildman–Crippen LogP) is 3.38. The van der Waals surface area contributed by atoms with Crippen molar-refractivity contribution in [2.24, 2.45) is 0 Å². The van der Waals surface area contributed by atoms with E-state index >= 15 is 0 Å². The van der Waals surface area contributed by atoms with Crippen LogP contribution in [0.2, 0.25) is 0 Å². The summed E-state index contributed by atoms with van der Waals surface area (Å²) in [6.07, 6.45) is 2.60. The van der Waals surface area contributed by atoms with Crippen molar-refractivity contribution < 1.29 is 28.6 Å². The summed E-state index contributed by atoms with van der Waals surface area (Å²) in [5, 5.41) is 0. The molecule has 0 radical (unpaired) electrons. The monoisotopic (exact) mass is 376 g/mol. The van der Waals surface area contributed by atoms with Gasteiger partial charge >= 0.3 is 11.9 Å². The molecule has 1 unspecified atom stereocenters. The minimum atomic E-state index is -0.623. The van der Waals surface area contributed by atoms with Crippen LogP contribution in [0.4, 0.5) is 0 Å². The van der Waals surface area contributed by atoms with E-state index < -0.39 is 23.6 Å². The SMILES string of the molecule is COC(=O)/C=C/C(CCC(=O)CC(=O)OC(C)(C)C)OCc1ccccc1. The number of carbonyl (C=O) groups is 3. The molecule has 27 heavy (non-hydrogen) atoms. The van der Waals surface area contributed by atoms with Crippen molar-refractivity contribution in [3.63, 3.8) is 0 Å². The number of hydrogen-bond acceptors (Lipinski definition) is 6. The van der Waals surface area contributed by atoms with E-state index in [0.717, 1.165) is 5.56 Å². The molecule has 0 saturated heterocycles. The molecule has 1 aromatic carbocycles. The fraction of sp³-hybridized carbons (Fsp3) is 0.476. The van der Waals surface area contributed by atoms with Crippen molar-refractivity contribution in [3.8, 4) is 0 Å². The molecular weight excluding hydrogens is 348 g/mol. The van der Waals surface area contributed by atoms with Crippen LogP contribution in [0.1, 0.15) is 45.6 Å². The highest BCUT2D eigenvalue weighted by molar-refractivity contribution is 5.95. The van der Waals surface area contributed by atoms with Crippen LogP contribution >= 0.6 is 0 Å². The van der Waals surface area contributed by atoms with Gasteiger partial charge in [0.15, 0.2) is 0 Å². The first-order chi connectivity index (χ1) is 12.7. The smallest absolute Gasteiger partial charge is 0.330 e. The molecule has 0 spiro atoms. The Labute approximate surface area is 160 Å². The largest absolute Gasteiger partial charge is 0.466 e. The number of ketones is 1. The summed E-state index contributed by atoms with van der Waals surface area (Å²) in [6, 6.07) is 9.57. The van der Waals surface area contributed by atoms with Crippen molar-refractivity contribution in [3.05, 3.63) is 48.0 Å². The lowest BCUT2D eigenvalue weighted by Crippen LogP contribution is -2.25. The number of ether oxygens (including phenoxy) is 3. The maximum Gasteiger partial charge on any atom is 0.330 e. The number of carbonyl (C=O) groups excluding carboxylic acids is 3. The second kappa shape index (κ2) is 11.3. The molecule has 1 aromatic rings. The van der Waals surface area contributed by atoms with Gasteiger partial charge in [-0.3, -0.25) is 9.59 Å². The van der Waals surface area contributed by atoms with E-state index in [2.05, 4.69) is 4.74 Å². The number of benzene rings is 1. The van der Waals surface area contributed by atoms with Crippen LogP contribution in [-0.2, 0) is 35.2 Å². The van der Waals surface area contributed by atoms with Gasteiger partial charge in [0.05, 0.1) is 19.8 Å². The highest BCUT2D eigenvalue weighted by Crippen LogP contribution is 2.13. The summed E-state index contributed by atoms with van der Waals surface area (Å²) in [7, 11) is 1.29. The molecule has 0 fully saturated rings. The zero-order chi connectivity index (χ0) is 20.3. The van der Waals surface area contributed by atoms with Gasteiger partial charge in [-0.05, 0) is 38.8 Å². The van der Waals surface area contributed by atoms with Gasteiger partial charge in [0.25, 0.3) is 0 Å². The molecule has 6 nitrogen and oxygen atoms in total. The number of methoxy groups -OCH3 is 1. The van der Waals surface area contributed by atoms with E-state index in [-0.39, 0.29) is 18.6 Å². The molecule has 1 rings (SSSR count). The molecule has 0 aromatic heterocycles. The molecule has 0 aliphatic heterocycles. The third-order valence-corrected chi connectivity index (χ3v) is 3.42. The molecule has 0 heterocycles. The lowest BCUT2D eigenvalue weighted by Gasteiger charge is -2.19. The molecule has 0 amide bonds. The number of Topliss-reactive ketones (excluding diaryl/α,β-unsaturated/α-hetero) is 1. The van der Waals surface area contributed by atoms with Gasteiger partial charge in [0, 0.05) is 12.5 Å². The molecule has 0 saturated carbocycles. The third kappa shape index (κ3) is 11.0. The molecule has 0 bridgehead atoms. The Bertz CT molecular complexity index is 642. The second-order valence-electron chi connectivity index (χ2n) is 7.06. The first kappa shape index (κ1) is 22.6. The molecule has 6 heteroatoms. The van der Waals surface area contributed by atoms with Gasteiger partial charge < -0.3 is 14.2 Å². The van der Waals surface area contributed by atoms with E-state index in [4.69, 9.17) is 9.47 Å². The zero-order valence-electron chi connectivity index (χ0n) is 16.4. The molecule has 0 aliphatic carbocycles. The first-order valence-corrected chi connectivity index (χ1v) is 8.85. The van der Waals surface area contributed by atoms with Gasteiger partial charge in [0.2, 0.25) is 0 Å². The summed E-state index contributed by atoms with van der Waals surface area (Å²) < 4.78 is 15.5. The molecule has 0 N–H and O–H groups in total. The van der Waals surface area contributed by atoms with Gasteiger partial charge in [-0.15, -0.1) is 0 Å². The highest BCUT2D eigenvalue weighted by atomic mass is 16.6. The quantitative estimate of drug-likeness (QED) is 0.354. The van der Waals surface area contributed by atoms with Gasteiger partial charge in [-0.25, -0.2) is 4.79 Å². The van der Waals surface area contributed by atoms with Crippen molar-refractivity contribution in [1.82, 2.24) is 0 Å². The predicted molar refractivity (Wildman–Crippen MR) is 101 cm³/mol. The Morgan fingerprint density at radius 1 is 1.11 bits per heavy atom. The normalized spacial score (nSPS) is 12.6. The summed E-state index contributed by atoms with van der Waals surface area (Å²) in [5.41, 5.74) is 0.358. The van der Waals surface area contributed by atoms with E-state index in [1.54, 1.807) is 26.8 Å². The van der Waals surface area contributed by atoms with Crippen LogP contribution in [0.3, 0.4) is 0 Å². The van der Waals surface area contributed by atoms with Crippen LogP contribution in [0, 0.1) is 0 Å².